The standard InChI is InChI=1S/C12H16ClNO/c1-3-11(14)10-6-4-5-7-12(10)15-8-9(2)13/h4-7,11H,2-3,8,14H2,1H3/t11-/m0/s1. The molecule has 2 nitrogen and oxygen atoms in total. The second-order valence-corrected chi connectivity index (χ2v) is 3.89. The van der Waals surface area contributed by atoms with Crippen LogP contribution in [0.5, 0.6) is 5.75 Å². The highest BCUT2D eigenvalue weighted by molar-refractivity contribution is 6.29. The molecule has 15 heavy (non-hydrogen) atoms. The van der Waals surface area contributed by atoms with Gasteiger partial charge in [0.15, 0.2) is 0 Å². The van der Waals surface area contributed by atoms with E-state index < -0.39 is 0 Å². The summed E-state index contributed by atoms with van der Waals surface area (Å²) in [5, 5.41) is 0.481. The molecule has 0 aliphatic heterocycles. The van der Waals surface area contributed by atoms with Crippen molar-refractivity contribution in [2.45, 2.75) is 19.4 Å². The molecule has 1 atom stereocenters. The van der Waals surface area contributed by atoms with Crippen LogP contribution in [0.2, 0.25) is 0 Å². The van der Waals surface area contributed by atoms with Crippen LogP contribution in [-0.4, -0.2) is 6.61 Å². The predicted octanol–water partition coefficient (Wildman–Crippen LogP) is 3.23. The smallest absolute Gasteiger partial charge is 0.124 e. The van der Waals surface area contributed by atoms with Gasteiger partial charge in [-0.05, 0) is 12.5 Å². The number of benzene rings is 1. The zero-order valence-corrected chi connectivity index (χ0v) is 9.63. The summed E-state index contributed by atoms with van der Waals surface area (Å²) in [6.07, 6.45) is 0.877. The average molecular weight is 226 g/mol. The Labute approximate surface area is 95.7 Å². The third-order valence-electron chi connectivity index (χ3n) is 2.14. The molecule has 0 bridgehead atoms. The number of hydrogen-bond donors (Lipinski definition) is 1. The quantitative estimate of drug-likeness (QED) is 0.835. The number of ether oxygens (including phenoxy) is 1. The fraction of sp³-hybridized carbons (Fsp3) is 0.333. The lowest BCUT2D eigenvalue weighted by atomic mass is 10.0. The average Bonchev–Trinajstić information content (AvgIpc) is 2.25. The zero-order chi connectivity index (χ0) is 11.3. The Bertz CT molecular complexity index is 338. The third-order valence-corrected chi connectivity index (χ3v) is 2.25. The first-order chi connectivity index (χ1) is 7.15. The molecule has 0 unspecified atom stereocenters. The van der Waals surface area contributed by atoms with Gasteiger partial charge in [0.25, 0.3) is 0 Å². The van der Waals surface area contributed by atoms with Gasteiger partial charge in [-0.25, -0.2) is 0 Å². The topological polar surface area (TPSA) is 35.2 Å². The Hall–Kier alpha value is -0.990. The molecule has 0 aliphatic rings. The normalized spacial score (nSPS) is 12.2. The minimum absolute atomic E-state index is 0.00444. The number of halogens is 1. The second-order valence-electron chi connectivity index (χ2n) is 3.36. The summed E-state index contributed by atoms with van der Waals surface area (Å²) in [5.41, 5.74) is 6.98. The maximum atomic E-state index is 5.97. The number of para-hydroxylation sites is 1. The van der Waals surface area contributed by atoms with Crippen LogP contribution in [0.25, 0.3) is 0 Å². The van der Waals surface area contributed by atoms with Gasteiger partial charge < -0.3 is 10.5 Å². The van der Waals surface area contributed by atoms with E-state index >= 15 is 0 Å². The Morgan fingerprint density at radius 2 is 2.20 bits per heavy atom. The first-order valence-corrected chi connectivity index (χ1v) is 5.33. The van der Waals surface area contributed by atoms with E-state index in [4.69, 9.17) is 22.1 Å². The lowest BCUT2D eigenvalue weighted by molar-refractivity contribution is 0.352. The van der Waals surface area contributed by atoms with E-state index in [1.54, 1.807) is 0 Å². The van der Waals surface area contributed by atoms with Gasteiger partial charge in [-0.1, -0.05) is 43.3 Å². The Kier molecular flexibility index (Phi) is 4.66. The van der Waals surface area contributed by atoms with Crippen LogP contribution in [0.3, 0.4) is 0 Å². The van der Waals surface area contributed by atoms with Crippen molar-refractivity contribution in [1.29, 1.82) is 0 Å². The van der Waals surface area contributed by atoms with E-state index in [0.29, 0.717) is 11.6 Å². The van der Waals surface area contributed by atoms with Crippen LogP contribution < -0.4 is 10.5 Å². The molecule has 0 aliphatic carbocycles. The van der Waals surface area contributed by atoms with Gasteiger partial charge in [-0.15, -0.1) is 0 Å². The molecular weight excluding hydrogens is 210 g/mol. The van der Waals surface area contributed by atoms with E-state index in [1.807, 2.05) is 31.2 Å². The molecule has 3 heteroatoms. The van der Waals surface area contributed by atoms with Crippen molar-refractivity contribution in [3.05, 3.63) is 41.4 Å². The van der Waals surface area contributed by atoms with Crippen LogP contribution >= 0.6 is 11.6 Å². The van der Waals surface area contributed by atoms with Gasteiger partial charge in [0.1, 0.15) is 12.4 Å². The van der Waals surface area contributed by atoms with E-state index in [1.165, 1.54) is 0 Å². The molecule has 0 saturated carbocycles. The summed E-state index contributed by atoms with van der Waals surface area (Å²) in [4.78, 5) is 0. The molecule has 0 saturated heterocycles. The molecule has 0 amide bonds. The maximum absolute atomic E-state index is 5.97. The molecule has 2 N–H and O–H groups in total. The van der Waals surface area contributed by atoms with Crippen LogP contribution in [0.15, 0.2) is 35.9 Å². The van der Waals surface area contributed by atoms with Gasteiger partial charge in [0.05, 0.1) is 0 Å². The van der Waals surface area contributed by atoms with Crippen molar-refractivity contribution < 1.29 is 4.74 Å². The van der Waals surface area contributed by atoms with Gasteiger partial charge in [-0.3, -0.25) is 0 Å². The lowest BCUT2D eigenvalue weighted by Gasteiger charge is -2.15. The van der Waals surface area contributed by atoms with Crippen LogP contribution in [0, 0.1) is 0 Å². The monoisotopic (exact) mass is 225 g/mol. The molecule has 0 aromatic heterocycles. The van der Waals surface area contributed by atoms with Gasteiger partial charge in [0.2, 0.25) is 0 Å². The molecule has 1 rings (SSSR count). The molecular formula is C12H16ClNO. The summed E-state index contributed by atoms with van der Waals surface area (Å²) in [6.45, 7) is 5.93. The van der Waals surface area contributed by atoms with Crippen molar-refractivity contribution in [2.24, 2.45) is 5.73 Å². The minimum Gasteiger partial charge on any atom is -0.488 e. The summed E-state index contributed by atoms with van der Waals surface area (Å²) in [7, 11) is 0. The SMILES string of the molecule is C=C(Cl)COc1ccccc1[C@@H](N)CC. The van der Waals surface area contributed by atoms with E-state index in [2.05, 4.69) is 6.58 Å². The van der Waals surface area contributed by atoms with Crippen molar-refractivity contribution in [3.8, 4) is 5.75 Å². The Morgan fingerprint density at radius 3 is 2.80 bits per heavy atom. The summed E-state index contributed by atoms with van der Waals surface area (Å²) < 4.78 is 5.51. The maximum Gasteiger partial charge on any atom is 0.124 e. The lowest BCUT2D eigenvalue weighted by Crippen LogP contribution is -2.11. The Morgan fingerprint density at radius 1 is 1.53 bits per heavy atom. The highest BCUT2D eigenvalue weighted by Gasteiger charge is 2.09. The third kappa shape index (κ3) is 3.57. The molecule has 0 radical (unpaired) electrons. The van der Waals surface area contributed by atoms with Gasteiger partial charge in [-0.2, -0.15) is 0 Å². The van der Waals surface area contributed by atoms with E-state index in [-0.39, 0.29) is 6.04 Å². The molecule has 0 spiro atoms. The van der Waals surface area contributed by atoms with E-state index in [0.717, 1.165) is 17.7 Å². The van der Waals surface area contributed by atoms with Crippen molar-refractivity contribution in [2.75, 3.05) is 6.61 Å². The second kappa shape index (κ2) is 5.79. The van der Waals surface area contributed by atoms with E-state index in [9.17, 15) is 0 Å². The molecule has 82 valence electrons. The van der Waals surface area contributed by atoms with Crippen LogP contribution in [0.4, 0.5) is 0 Å². The largest absolute Gasteiger partial charge is 0.488 e. The summed E-state index contributed by atoms with van der Waals surface area (Å²) in [5.74, 6) is 0.786. The highest BCUT2D eigenvalue weighted by Crippen LogP contribution is 2.25. The molecule has 1 aromatic carbocycles. The van der Waals surface area contributed by atoms with Crippen LogP contribution in [0.1, 0.15) is 24.9 Å². The Balaban J connectivity index is 2.81. The first kappa shape index (κ1) is 12.1. The molecule has 1 aromatic rings. The molecule has 0 fully saturated rings. The van der Waals surface area contributed by atoms with Gasteiger partial charge >= 0.3 is 0 Å². The zero-order valence-electron chi connectivity index (χ0n) is 8.87. The first-order valence-electron chi connectivity index (χ1n) is 4.95. The molecule has 0 heterocycles. The number of rotatable bonds is 5. The van der Waals surface area contributed by atoms with Gasteiger partial charge in [0, 0.05) is 16.6 Å². The van der Waals surface area contributed by atoms with Crippen LogP contribution in [-0.2, 0) is 0 Å². The summed E-state index contributed by atoms with van der Waals surface area (Å²) in [6, 6.07) is 7.74. The fourth-order valence-electron chi connectivity index (χ4n) is 1.29. The summed E-state index contributed by atoms with van der Waals surface area (Å²) >= 11 is 5.64. The number of hydrogen-bond acceptors (Lipinski definition) is 2. The fourth-order valence-corrected chi connectivity index (χ4v) is 1.35. The highest BCUT2D eigenvalue weighted by atomic mass is 35.5. The number of nitrogens with two attached hydrogens (primary N) is 1. The predicted molar refractivity (Wildman–Crippen MR) is 64.1 cm³/mol. The van der Waals surface area contributed by atoms with Crippen molar-refractivity contribution in [1.82, 2.24) is 0 Å². The van der Waals surface area contributed by atoms with Crippen molar-refractivity contribution >= 4 is 11.6 Å². The minimum atomic E-state index is 0.00444. The van der Waals surface area contributed by atoms with Crippen molar-refractivity contribution in [3.63, 3.8) is 0 Å².